The Labute approximate surface area is 139 Å². The van der Waals surface area contributed by atoms with Crippen LogP contribution >= 0.6 is 0 Å². The Bertz CT molecular complexity index is 259. The molecule has 0 bridgehead atoms. The first-order valence-corrected chi connectivity index (χ1v) is 9.54. The first-order valence-electron chi connectivity index (χ1n) is 9.54. The number of rotatable bonds is 15. The summed E-state index contributed by atoms with van der Waals surface area (Å²) in [4.78, 5) is 0. The van der Waals surface area contributed by atoms with Gasteiger partial charge in [0.2, 0.25) is 0 Å². The van der Waals surface area contributed by atoms with Crippen molar-refractivity contribution in [2.45, 2.75) is 104 Å². The second-order valence-electron chi connectivity index (χ2n) is 5.81. The number of ether oxygens (including phenoxy) is 2. The van der Waals surface area contributed by atoms with Gasteiger partial charge >= 0.3 is 0 Å². The third kappa shape index (κ3) is 15.9. The van der Waals surface area contributed by atoms with Crippen LogP contribution in [0.25, 0.3) is 0 Å². The summed E-state index contributed by atoms with van der Waals surface area (Å²) in [6.45, 7) is 7.76. The Morgan fingerprint density at radius 3 is 1.68 bits per heavy atom. The lowest BCUT2D eigenvalue weighted by Crippen LogP contribution is -2.17. The van der Waals surface area contributed by atoms with E-state index in [0.717, 1.165) is 32.5 Å². The van der Waals surface area contributed by atoms with Crippen LogP contribution in [0.3, 0.4) is 0 Å². The lowest BCUT2D eigenvalue weighted by atomic mass is 10.1. The molecule has 0 rings (SSSR count). The second-order valence-corrected chi connectivity index (χ2v) is 5.81. The Morgan fingerprint density at radius 1 is 0.636 bits per heavy atom. The molecule has 130 valence electrons. The molecule has 2 nitrogen and oxygen atoms in total. The van der Waals surface area contributed by atoms with Gasteiger partial charge in [0, 0.05) is 26.1 Å². The van der Waals surface area contributed by atoms with E-state index < -0.39 is 0 Å². The normalized spacial score (nSPS) is 10.7. The monoisotopic (exact) mass is 310 g/mol. The third-order valence-corrected chi connectivity index (χ3v) is 3.73. The maximum absolute atomic E-state index is 5.55. The van der Waals surface area contributed by atoms with Crippen LogP contribution in [0.4, 0.5) is 0 Å². The predicted molar refractivity (Wildman–Crippen MR) is 95.9 cm³/mol. The van der Waals surface area contributed by atoms with Crippen molar-refractivity contribution in [2.75, 3.05) is 13.2 Å². The quantitative estimate of drug-likeness (QED) is 0.207. The van der Waals surface area contributed by atoms with E-state index in [2.05, 4.69) is 18.8 Å². The Kier molecular flexibility index (Phi) is 18.1. The van der Waals surface area contributed by atoms with E-state index in [1.165, 1.54) is 57.8 Å². The number of unbranched alkanes of at least 4 members (excludes halogenated alkanes) is 9. The van der Waals surface area contributed by atoms with Crippen molar-refractivity contribution >= 4 is 0 Å². The smallest absolute Gasteiger partial charge is 0.157 e. The molecular formula is C20H38O2. The fourth-order valence-corrected chi connectivity index (χ4v) is 2.44. The molecule has 0 aromatic heterocycles. The predicted octanol–water partition coefficient (Wildman–Crippen LogP) is 6.09. The fraction of sp³-hybridized carbons (Fsp3) is 0.900. The summed E-state index contributed by atoms with van der Waals surface area (Å²) < 4.78 is 11.1. The van der Waals surface area contributed by atoms with Crippen LogP contribution < -0.4 is 0 Å². The van der Waals surface area contributed by atoms with Gasteiger partial charge in [0.25, 0.3) is 0 Å². The van der Waals surface area contributed by atoms with Crippen molar-refractivity contribution in [3.63, 3.8) is 0 Å². The molecule has 2 heteroatoms. The highest BCUT2D eigenvalue weighted by atomic mass is 16.7. The van der Waals surface area contributed by atoms with Crippen molar-refractivity contribution in [1.82, 2.24) is 0 Å². The van der Waals surface area contributed by atoms with E-state index in [4.69, 9.17) is 9.47 Å². The van der Waals surface area contributed by atoms with Crippen LogP contribution in [0.15, 0.2) is 0 Å². The number of hydrogen-bond acceptors (Lipinski definition) is 2. The van der Waals surface area contributed by atoms with Crippen LogP contribution in [-0.4, -0.2) is 19.5 Å². The molecule has 0 amide bonds. The Balaban J connectivity index is 3.26. The maximum atomic E-state index is 5.55. The Morgan fingerprint density at radius 2 is 1.14 bits per heavy atom. The van der Waals surface area contributed by atoms with Crippen LogP contribution in [-0.2, 0) is 9.47 Å². The van der Waals surface area contributed by atoms with Crippen LogP contribution in [0.2, 0.25) is 0 Å². The van der Waals surface area contributed by atoms with E-state index in [1.807, 2.05) is 13.8 Å². The van der Waals surface area contributed by atoms with Gasteiger partial charge in [-0.2, -0.15) is 0 Å². The van der Waals surface area contributed by atoms with Gasteiger partial charge in [0.05, 0.1) is 0 Å². The summed E-state index contributed by atoms with van der Waals surface area (Å²) in [6.07, 6.45) is 14.9. The first-order chi connectivity index (χ1) is 10.8. The van der Waals surface area contributed by atoms with Gasteiger partial charge in [-0.25, -0.2) is 0 Å². The SMILES string of the molecule is CCCCC#CCCCCCCCCCC(OCC)OCC. The summed E-state index contributed by atoms with van der Waals surface area (Å²) >= 11 is 0. The van der Waals surface area contributed by atoms with E-state index in [-0.39, 0.29) is 6.29 Å². The minimum atomic E-state index is 0.0151. The van der Waals surface area contributed by atoms with Gasteiger partial charge in [-0.3, -0.25) is 0 Å². The van der Waals surface area contributed by atoms with Crippen molar-refractivity contribution in [3.05, 3.63) is 0 Å². The molecule has 0 aliphatic carbocycles. The van der Waals surface area contributed by atoms with Crippen molar-refractivity contribution in [1.29, 1.82) is 0 Å². The van der Waals surface area contributed by atoms with Crippen molar-refractivity contribution in [3.8, 4) is 11.8 Å². The first kappa shape index (κ1) is 21.5. The topological polar surface area (TPSA) is 18.5 Å². The zero-order valence-electron chi connectivity index (χ0n) is 15.3. The summed E-state index contributed by atoms with van der Waals surface area (Å²) in [5.74, 6) is 6.55. The van der Waals surface area contributed by atoms with E-state index >= 15 is 0 Å². The fourth-order valence-electron chi connectivity index (χ4n) is 2.44. The molecule has 0 N–H and O–H groups in total. The van der Waals surface area contributed by atoms with Gasteiger partial charge < -0.3 is 9.47 Å². The minimum absolute atomic E-state index is 0.0151. The summed E-state index contributed by atoms with van der Waals surface area (Å²) in [5.41, 5.74) is 0. The molecule has 22 heavy (non-hydrogen) atoms. The molecule has 0 unspecified atom stereocenters. The van der Waals surface area contributed by atoms with Gasteiger partial charge in [-0.15, -0.1) is 11.8 Å². The molecule has 0 aromatic carbocycles. The molecule has 0 aliphatic heterocycles. The van der Waals surface area contributed by atoms with Crippen molar-refractivity contribution < 1.29 is 9.47 Å². The third-order valence-electron chi connectivity index (χ3n) is 3.73. The molecule has 0 aromatic rings. The molecule has 0 spiro atoms. The number of hydrogen-bond donors (Lipinski definition) is 0. The van der Waals surface area contributed by atoms with Gasteiger partial charge in [0.15, 0.2) is 6.29 Å². The van der Waals surface area contributed by atoms with Gasteiger partial charge in [-0.1, -0.05) is 45.4 Å². The summed E-state index contributed by atoms with van der Waals surface area (Å²) in [5, 5.41) is 0. The highest BCUT2D eigenvalue weighted by molar-refractivity contribution is 4.98. The zero-order chi connectivity index (χ0) is 16.3. The standard InChI is InChI=1S/C20H38O2/c1-4-7-8-9-10-11-12-13-14-15-16-17-18-19-20(21-5-2)22-6-3/h20H,4-8,11-19H2,1-3H3. The Hall–Kier alpha value is -0.520. The second kappa shape index (κ2) is 18.5. The van der Waals surface area contributed by atoms with Crippen LogP contribution in [0, 0.1) is 11.8 Å². The largest absolute Gasteiger partial charge is 0.353 e. The molecule has 0 saturated heterocycles. The van der Waals surface area contributed by atoms with E-state index in [9.17, 15) is 0 Å². The van der Waals surface area contributed by atoms with Gasteiger partial charge in [0.1, 0.15) is 0 Å². The van der Waals surface area contributed by atoms with Crippen LogP contribution in [0.1, 0.15) is 97.8 Å². The molecule has 0 fully saturated rings. The molecule has 0 aliphatic rings. The zero-order valence-corrected chi connectivity index (χ0v) is 15.3. The lowest BCUT2D eigenvalue weighted by Gasteiger charge is -2.16. The highest BCUT2D eigenvalue weighted by Crippen LogP contribution is 2.12. The minimum Gasteiger partial charge on any atom is -0.353 e. The average Bonchev–Trinajstić information content (AvgIpc) is 2.52. The lowest BCUT2D eigenvalue weighted by molar-refractivity contribution is -0.140. The van der Waals surface area contributed by atoms with Gasteiger partial charge in [-0.05, 0) is 39.5 Å². The molecule has 0 heterocycles. The molecule has 0 saturated carbocycles. The maximum Gasteiger partial charge on any atom is 0.157 e. The average molecular weight is 311 g/mol. The van der Waals surface area contributed by atoms with Crippen molar-refractivity contribution in [2.24, 2.45) is 0 Å². The molecular weight excluding hydrogens is 272 g/mol. The van der Waals surface area contributed by atoms with E-state index in [1.54, 1.807) is 0 Å². The summed E-state index contributed by atoms with van der Waals surface area (Å²) in [7, 11) is 0. The highest BCUT2D eigenvalue weighted by Gasteiger charge is 2.06. The summed E-state index contributed by atoms with van der Waals surface area (Å²) in [6, 6.07) is 0. The van der Waals surface area contributed by atoms with E-state index in [0.29, 0.717) is 0 Å². The van der Waals surface area contributed by atoms with Crippen LogP contribution in [0.5, 0.6) is 0 Å². The molecule has 0 radical (unpaired) electrons. The molecule has 0 atom stereocenters.